The number of rotatable bonds is 3. The normalized spacial score (nSPS) is 9.42. The Bertz CT molecular complexity index is 287. The third kappa shape index (κ3) is 2.51. The SMILES string of the molecule is C=C(Cl)Cc1ccc(C=O)cc1. The molecular weight excluding hydrogens is 172 g/mol. The largest absolute Gasteiger partial charge is 0.298 e. The van der Waals surface area contributed by atoms with Crippen LogP contribution in [0.4, 0.5) is 0 Å². The summed E-state index contributed by atoms with van der Waals surface area (Å²) in [4.78, 5) is 10.3. The first-order valence-electron chi connectivity index (χ1n) is 3.60. The first-order chi connectivity index (χ1) is 5.72. The predicted molar refractivity (Wildman–Crippen MR) is 50.5 cm³/mol. The van der Waals surface area contributed by atoms with Gasteiger partial charge in [0.15, 0.2) is 0 Å². The van der Waals surface area contributed by atoms with Gasteiger partial charge in [0.25, 0.3) is 0 Å². The molecule has 0 saturated carbocycles. The van der Waals surface area contributed by atoms with Crippen LogP contribution in [0, 0.1) is 0 Å². The lowest BCUT2D eigenvalue weighted by Crippen LogP contribution is -1.85. The molecule has 12 heavy (non-hydrogen) atoms. The summed E-state index contributed by atoms with van der Waals surface area (Å²) in [6.07, 6.45) is 1.47. The monoisotopic (exact) mass is 180 g/mol. The summed E-state index contributed by atoms with van der Waals surface area (Å²) in [5, 5.41) is 0.605. The second-order valence-corrected chi connectivity index (χ2v) is 3.09. The Morgan fingerprint density at radius 2 is 2.00 bits per heavy atom. The molecule has 0 N–H and O–H groups in total. The maximum atomic E-state index is 10.3. The highest BCUT2D eigenvalue weighted by Gasteiger charge is 1.94. The lowest BCUT2D eigenvalue weighted by molar-refractivity contribution is 0.112. The lowest BCUT2D eigenvalue weighted by Gasteiger charge is -1.98. The zero-order valence-corrected chi connectivity index (χ0v) is 7.34. The van der Waals surface area contributed by atoms with E-state index in [1.165, 1.54) is 0 Å². The maximum absolute atomic E-state index is 10.3. The lowest BCUT2D eigenvalue weighted by atomic mass is 10.1. The average Bonchev–Trinajstić information content (AvgIpc) is 2.05. The molecule has 0 atom stereocenters. The van der Waals surface area contributed by atoms with Gasteiger partial charge in [0.2, 0.25) is 0 Å². The van der Waals surface area contributed by atoms with E-state index in [1.54, 1.807) is 12.1 Å². The number of halogens is 1. The van der Waals surface area contributed by atoms with Crippen molar-refractivity contribution >= 4 is 17.9 Å². The maximum Gasteiger partial charge on any atom is 0.150 e. The van der Waals surface area contributed by atoms with E-state index < -0.39 is 0 Å². The van der Waals surface area contributed by atoms with E-state index in [4.69, 9.17) is 11.6 Å². The van der Waals surface area contributed by atoms with Crippen LogP contribution in [0.15, 0.2) is 35.9 Å². The van der Waals surface area contributed by atoms with Crippen molar-refractivity contribution in [3.8, 4) is 0 Å². The molecule has 0 bridgehead atoms. The molecule has 0 aliphatic carbocycles. The van der Waals surface area contributed by atoms with Crippen LogP contribution in [0.3, 0.4) is 0 Å². The average molecular weight is 181 g/mol. The van der Waals surface area contributed by atoms with Crippen molar-refractivity contribution in [2.45, 2.75) is 6.42 Å². The van der Waals surface area contributed by atoms with Crippen LogP contribution in [0.2, 0.25) is 0 Å². The van der Waals surface area contributed by atoms with E-state index in [1.807, 2.05) is 12.1 Å². The van der Waals surface area contributed by atoms with Crippen LogP contribution in [-0.2, 0) is 6.42 Å². The van der Waals surface area contributed by atoms with Gasteiger partial charge in [0, 0.05) is 17.0 Å². The molecule has 0 aliphatic rings. The highest BCUT2D eigenvalue weighted by molar-refractivity contribution is 6.29. The fourth-order valence-electron chi connectivity index (χ4n) is 0.936. The van der Waals surface area contributed by atoms with E-state index >= 15 is 0 Å². The van der Waals surface area contributed by atoms with Crippen molar-refractivity contribution in [2.24, 2.45) is 0 Å². The smallest absolute Gasteiger partial charge is 0.150 e. The minimum Gasteiger partial charge on any atom is -0.298 e. The summed E-state index contributed by atoms with van der Waals surface area (Å²) in [5.74, 6) is 0. The molecule has 1 rings (SSSR count). The minimum absolute atomic E-state index is 0.605. The highest BCUT2D eigenvalue weighted by atomic mass is 35.5. The van der Waals surface area contributed by atoms with Crippen molar-refractivity contribution in [1.29, 1.82) is 0 Å². The molecule has 2 heteroatoms. The zero-order valence-electron chi connectivity index (χ0n) is 6.59. The Morgan fingerprint density at radius 3 is 2.42 bits per heavy atom. The third-order valence-corrected chi connectivity index (χ3v) is 1.65. The summed E-state index contributed by atoms with van der Waals surface area (Å²) in [6, 6.07) is 7.28. The van der Waals surface area contributed by atoms with E-state index in [-0.39, 0.29) is 0 Å². The number of carbonyl (C=O) groups excluding carboxylic acids is 1. The Kier molecular flexibility index (Phi) is 3.06. The standard InChI is InChI=1S/C10H9ClO/c1-8(11)6-9-2-4-10(7-12)5-3-9/h2-5,7H,1,6H2. The van der Waals surface area contributed by atoms with Gasteiger partial charge in [-0.2, -0.15) is 0 Å². The predicted octanol–water partition coefficient (Wildman–Crippen LogP) is 2.79. The fourth-order valence-corrected chi connectivity index (χ4v) is 1.09. The fraction of sp³-hybridized carbons (Fsp3) is 0.100. The molecule has 1 aromatic carbocycles. The third-order valence-electron chi connectivity index (χ3n) is 1.51. The van der Waals surface area contributed by atoms with E-state index in [0.717, 1.165) is 11.8 Å². The molecule has 1 aromatic rings. The van der Waals surface area contributed by atoms with Crippen molar-refractivity contribution in [2.75, 3.05) is 0 Å². The quantitative estimate of drug-likeness (QED) is 0.654. The van der Waals surface area contributed by atoms with Crippen LogP contribution in [0.25, 0.3) is 0 Å². The molecule has 0 radical (unpaired) electrons. The van der Waals surface area contributed by atoms with Gasteiger partial charge >= 0.3 is 0 Å². The van der Waals surface area contributed by atoms with Crippen molar-refractivity contribution in [1.82, 2.24) is 0 Å². The van der Waals surface area contributed by atoms with Crippen molar-refractivity contribution in [3.63, 3.8) is 0 Å². The summed E-state index contributed by atoms with van der Waals surface area (Å²) < 4.78 is 0. The van der Waals surface area contributed by atoms with Gasteiger partial charge in [-0.1, -0.05) is 42.4 Å². The Hall–Kier alpha value is -1.08. The van der Waals surface area contributed by atoms with E-state index in [2.05, 4.69) is 6.58 Å². The van der Waals surface area contributed by atoms with Crippen molar-refractivity contribution in [3.05, 3.63) is 47.0 Å². The summed E-state index contributed by atoms with van der Waals surface area (Å²) in [5.41, 5.74) is 1.75. The molecular formula is C10H9ClO. The van der Waals surface area contributed by atoms with Gasteiger partial charge in [-0.3, -0.25) is 4.79 Å². The molecule has 0 unspecified atom stereocenters. The van der Waals surface area contributed by atoms with Gasteiger partial charge in [-0.25, -0.2) is 0 Å². The van der Waals surface area contributed by atoms with Crippen LogP contribution in [0.1, 0.15) is 15.9 Å². The molecule has 0 aliphatic heterocycles. The number of aldehydes is 1. The van der Waals surface area contributed by atoms with Gasteiger partial charge in [0.1, 0.15) is 6.29 Å². The van der Waals surface area contributed by atoms with Crippen molar-refractivity contribution < 1.29 is 4.79 Å². The first-order valence-corrected chi connectivity index (χ1v) is 3.97. The Morgan fingerprint density at radius 1 is 1.42 bits per heavy atom. The number of benzene rings is 1. The number of hydrogen-bond donors (Lipinski definition) is 0. The first kappa shape index (κ1) is 9.01. The molecule has 62 valence electrons. The van der Waals surface area contributed by atoms with Gasteiger partial charge in [0.05, 0.1) is 0 Å². The van der Waals surface area contributed by atoms with E-state index in [9.17, 15) is 4.79 Å². The van der Waals surface area contributed by atoms with Crippen LogP contribution in [0.5, 0.6) is 0 Å². The molecule has 0 amide bonds. The van der Waals surface area contributed by atoms with Gasteiger partial charge in [-0.05, 0) is 5.56 Å². The molecule has 0 heterocycles. The second kappa shape index (κ2) is 4.07. The minimum atomic E-state index is 0.605. The second-order valence-electron chi connectivity index (χ2n) is 2.55. The van der Waals surface area contributed by atoms with Gasteiger partial charge < -0.3 is 0 Å². The molecule has 0 aromatic heterocycles. The van der Waals surface area contributed by atoms with E-state index in [0.29, 0.717) is 17.0 Å². The van der Waals surface area contributed by atoms with Crippen LogP contribution < -0.4 is 0 Å². The van der Waals surface area contributed by atoms with Crippen LogP contribution >= 0.6 is 11.6 Å². The van der Waals surface area contributed by atoms with Gasteiger partial charge in [-0.15, -0.1) is 0 Å². The number of carbonyl (C=O) groups is 1. The molecule has 0 saturated heterocycles. The summed E-state index contributed by atoms with van der Waals surface area (Å²) in [6.45, 7) is 3.59. The molecule has 0 fully saturated rings. The molecule has 0 spiro atoms. The zero-order chi connectivity index (χ0) is 8.97. The number of hydrogen-bond acceptors (Lipinski definition) is 1. The summed E-state index contributed by atoms with van der Waals surface area (Å²) in [7, 11) is 0. The highest BCUT2D eigenvalue weighted by Crippen LogP contribution is 2.09. The number of allylic oxidation sites excluding steroid dienone is 1. The Labute approximate surface area is 76.7 Å². The Balaban J connectivity index is 2.77. The topological polar surface area (TPSA) is 17.1 Å². The molecule has 1 nitrogen and oxygen atoms in total. The van der Waals surface area contributed by atoms with Crippen LogP contribution in [-0.4, -0.2) is 6.29 Å². The summed E-state index contributed by atoms with van der Waals surface area (Å²) >= 11 is 5.62.